The van der Waals surface area contributed by atoms with Crippen LogP contribution in [-0.2, 0) is 22.6 Å². The molecule has 1 aromatic rings. The first-order valence-electron chi connectivity index (χ1n) is 8.05. The predicted octanol–water partition coefficient (Wildman–Crippen LogP) is 0.0796. The van der Waals surface area contributed by atoms with Crippen LogP contribution in [0.5, 0.6) is 5.75 Å². The number of fused-ring (bicyclic) bond motifs is 1. The fraction of sp³-hybridized carbons (Fsp3) is 0.471. The molecular formula is C17H20N4O3. The number of nitriles is 1. The Labute approximate surface area is 140 Å². The van der Waals surface area contributed by atoms with Crippen molar-refractivity contribution in [3.05, 3.63) is 29.3 Å². The van der Waals surface area contributed by atoms with Crippen molar-refractivity contribution in [1.29, 1.82) is 5.26 Å². The van der Waals surface area contributed by atoms with Crippen LogP contribution in [0.15, 0.2) is 18.2 Å². The minimum Gasteiger partial charge on any atom is -0.484 e. The highest BCUT2D eigenvalue weighted by Gasteiger charge is 2.34. The highest BCUT2D eigenvalue weighted by molar-refractivity contribution is 5.83. The summed E-state index contributed by atoms with van der Waals surface area (Å²) in [6, 6.07) is 7.16. The molecule has 0 saturated carbocycles. The van der Waals surface area contributed by atoms with Gasteiger partial charge in [-0.25, -0.2) is 0 Å². The Kier molecular flexibility index (Phi) is 4.67. The third kappa shape index (κ3) is 3.34. The number of hydrogen-bond donors (Lipinski definition) is 2. The van der Waals surface area contributed by atoms with Gasteiger partial charge in [-0.05, 0) is 42.5 Å². The number of nitrogens with two attached hydrogens (primary N) is 1. The summed E-state index contributed by atoms with van der Waals surface area (Å²) in [4.78, 5) is 25.1. The fourth-order valence-electron chi connectivity index (χ4n) is 3.27. The van der Waals surface area contributed by atoms with Gasteiger partial charge in [-0.3, -0.25) is 9.59 Å². The van der Waals surface area contributed by atoms with Crippen LogP contribution in [0.1, 0.15) is 24.0 Å². The second kappa shape index (κ2) is 6.89. The molecule has 7 nitrogen and oxygen atoms in total. The van der Waals surface area contributed by atoms with Gasteiger partial charge in [-0.2, -0.15) is 5.26 Å². The number of carbonyl (C=O) groups excluding carboxylic acids is 2. The molecule has 2 amide bonds. The van der Waals surface area contributed by atoms with Crippen molar-refractivity contribution in [1.82, 2.24) is 10.2 Å². The number of carbonyl (C=O) groups is 2. The quantitative estimate of drug-likeness (QED) is 0.813. The molecule has 0 radical (unpaired) electrons. The molecule has 7 heteroatoms. The lowest BCUT2D eigenvalue weighted by Gasteiger charge is -2.30. The zero-order valence-electron chi connectivity index (χ0n) is 13.3. The Balaban J connectivity index is 1.67. The lowest BCUT2D eigenvalue weighted by Crippen LogP contribution is -2.50. The van der Waals surface area contributed by atoms with Gasteiger partial charge in [0.15, 0.2) is 6.61 Å². The average Bonchev–Trinajstić information content (AvgIpc) is 3.07. The molecule has 1 aromatic carbocycles. The third-order valence-electron chi connectivity index (χ3n) is 4.50. The Morgan fingerprint density at radius 1 is 1.42 bits per heavy atom. The summed E-state index contributed by atoms with van der Waals surface area (Å²) >= 11 is 0. The normalized spacial score (nSPS) is 22.5. The van der Waals surface area contributed by atoms with E-state index >= 15 is 0 Å². The van der Waals surface area contributed by atoms with Gasteiger partial charge >= 0.3 is 0 Å². The summed E-state index contributed by atoms with van der Waals surface area (Å²) in [5.41, 5.74) is 7.19. The van der Waals surface area contributed by atoms with E-state index in [1.807, 2.05) is 12.1 Å². The SMILES string of the molecule is N#CC1CCCN1C(=O)[C@@H]1Cc2ccc(OCC(N)=O)cc2CN1. The largest absolute Gasteiger partial charge is 0.484 e. The molecule has 3 rings (SSSR count). The van der Waals surface area contributed by atoms with Crippen LogP contribution in [0, 0.1) is 11.3 Å². The molecule has 126 valence electrons. The van der Waals surface area contributed by atoms with Crippen molar-refractivity contribution in [2.75, 3.05) is 13.2 Å². The molecule has 0 spiro atoms. The van der Waals surface area contributed by atoms with Crippen LogP contribution in [0.4, 0.5) is 0 Å². The Hall–Kier alpha value is -2.59. The van der Waals surface area contributed by atoms with Gasteiger partial charge in [0.2, 0.25) is 5.91 Å². The zero-order chi connectivity index (χ0) is 17.1. The van der Waals surface area contributed by atoms with Gasteiger partial charge in [-0.15, -0.1) is 0 Å². The minimum atomic E-state index is -0.519. The Morgan fingerprint density at radius 3 is 3.00 bits per heavy atom. The van der Waals surface area contributed by atoms with E-state index in [9.17, 15) is 9.59 Å². The van der Waals surface area contributed by atoms with E-state index in [1.54, 1.807) is 11.0 Å². The number of primary amides is 1. The number of benzene rings is 1. The van der Waals surface area contributed by atoms with Gasteiger partial charge in [0, 0.05) is 13.1 Å². The maximum absolute atomic E-state index is 12.7. The molecule has 0 aromatic heterocycles. The van der Waals surface area contributed by atoms with E-state index in [-0.39, 0.29) is 24.6 Å². The molecule has 24 heavy (non-hydrogen) atoms. The lowest BCUT2D eigenvalue weighted by molar-refractivity contribution is -0.133. The smallest absolute Gasteiger partial charge is 0.255 e. The first kappa shape index (κ1) is 16.3. The second-order valence-electron chi connectivity index (χ2n) is 6.14. The molecule has 1 fully saturated rings. The summed E-state index contributed by atoms with van der Waals surface area (Å²) in [7, 11) is 0. The van der Waals surface area contributed by atoms with Crippen molar-refractivity contribution >= 4 is 11.8 Å². The molecule has 0 aliphatic carbocycles. The standard InChI is InChI=1S/C17H20N4O3/c18-8-13-2-1-5-21(13)17(23)15-7-11-3-4-14(24-10-16(19)22)6-12(11)9-20-15/h3-4,6,13,15,20H,1-2,5,7,9-10H2,(H2,19,22)/t13?,15-/m0/s1. The molecule has 2 aliphatic heterocycles. The molecule has 2 atom stereocenters. The molecule has 3 N–H and O–H groups in total. The van der Waals surface area contributed by atoms with E-state index in [2.05, 4.69) is 11.4 Å². The van der Waals surface area contributed by atoms with Crippen LogP contribution in [0.3, 0.4) is 0 Å². The number of likely N-dealkylation sites (tertiary alicyclic amines) is 1. The molecule has 1 saturated heterocycles. The number of rotatable bonds is 4. The van der Waals surface area contributed by atoms with Crippen LogP contribution in [-0.4, -0.2) is 41.9 Å². The van der Waals surface area contributed by atoms with E-state index < -0.39 is 5.91 Å². The highest BCUT2D eigenvalue weighted by atomic mass is 16.5. The first-order valence-corrected chi connectivity index (χ1v) is 8.05. The summed E-state index contributed by atoms with van der Waals surface area (Å²) in [6.45, 7) is 1.05. The average molecular weight is 328 g/mol. The first-order chi connectivity index (χ1) is 11.6. The van der Waals surface area contributed by atoms with Gasteiger partial charge < -0.3 is 20.7 Å². The van der Waals surface area contributed by atoms with Crippen molar-refractivity contribution in [2.24, 2.45) is 5.73 Å². The van der Waals surface area contributed by atoms with Gasteiger partial charge in [0.25, 0.3) is 5.91 Å². The minimum absolute atomic E-state index is 0.00115. The van der Waals surface area contributed by atoms with Crippen LogP contribution in [0.25, 0.3) is 0 Å². The second-order valence-corrected chi connectivity index (χ2v) is 6.14. The third-order valence-corrected chi connectivity index (χ3v) is 4.50. The summed E-state index contributed by atoms with van der Waals surface area (Å²) in [6.07, 6.45) is 2.22. The highest BCUT2D eigenvalue weighted by Crippen LogP contribution is 2.25. The van der Waals surface area contributed by atoms with E-state index in [0.29, 0.717) is 25.3 Å². The summed E-state index contributed by atoms with van der Waals surface area (Å²) in [5, 5.41) is 12.4. The molecule has 2 heterocycles. The predicted molar refractivity (Wildman–Crippen MR) is 85.8 cm³/mol. The maximum Gasteiger partial charge on any atom is 0.255 e. The summed E-state index contributed by atoms with van der Waals surface area (Å²) < 4.78 is 5.30. The van der Waals surface area contributed by atoms with E-state index in [1.165, 1.54) is 0 Å². The zero-order valence-corrected chi connectivity index (χ0v) is 13.3. The van der Waals surface area contributed by atoms with Crippen LogP contribution < -0.4 is 15.8 Å². The van der Waals surface area contributed by atoms with Crippen molar-refractivity contribution in [3.8, 4) is 11.8 Å². The number of nitrogens with zero attached hydrogens (tertiary/aromatic N) is 2. The maximum atomic E-state index is 12.7. The van der Waals surface area contributed by atoms with Crippen molar-refractivity contribution < 1.29 is 14.3 Å². The van der Waals surface area contributed by atoms with E-state index in [0.717, 1.165) is 24.0 Å². The van der Waals surface area contributed by atoms with Crippen LogP contribution in [0.2, 0.25) is 0 Å². The monoisotopic (exact) mass is 328 g/mol. The number of ether oxygens (including phenoxy) is 1. The van der Waals surface area contributed by atoms with Gasteiger partial charge in [0.1, 0.15) is 11.8 Å². The van der Waals surface area contributed by atoms with Crippen molar-refractivity contribution in [2.45, 2.75) is 37.9 Å². The topological polar surface area (TPSA) is 108 Å². The van der Waals surface area contributed by atoms with Crippen molar-refractivity contribution in [3.63, 3.8) is 0 Å². The van der Waals surface area contributed by atoms with Gasteiger partial charge in [-0.1, -0.05) is 6.07 Å². The van der Waals surface area contributed by atoms with E-state index in [4.69, 9.17) is 15.7 Å². The Bertz CT molecular complexity index is 698. The summed E-state index contributed by atoms with van der Waals surface area (Å²) in [5.74, 6) is 0.0659. The van der Waals surface area contributed by atoms with Crippen LogP contribution >= 0.6 is 0 Å². The fourth-order valence-corrected chi connectivity index (χ4v) is 3.27. The number of amides is 2. The molecule has 0 bridgehead atoms. The number of hydrogen-bond acceptors (Lipinski definition) is 5. The molecular weight excluding hydrogens is 308 g/mol. The Morgan fingerprint density at radius 2 is 2.25 bits per heavy atom. The number of nitrogens with one attached hydrogen (secondary N) is 1. The van der Waals surface area contributed by atoms with Gasteiger partial charge in [0.05, 0.1) is 12.1 Å². The molecule has 2 aliphatic rings. The lowest BCUT2D eigenvalue weighted by atomic mass is 9.94. The molecule has 1 unspecified atom stereocenters.